The van der Waals surface area contributed by atoms with Crippen LogP contribution < -0.4 is 10.2 Å². The molecule has 2 heterocycles. The van der Waals surface area contributed by atoms with Crippen molar-refractivity contribution in [2.45, 2.75) is 32.4 Å². The van der Waals surface area contributed by atoms with Gasteiger partial charge in [0.05, 0.1) is 23.1 Å². The summed E-state index contributed by atoms with van der Waals surface area (Å²) in [5.41, 5.74) is -1.30. The summed E-state index contributed by atoms with van der Waals surface area (Å²) in [6.07, 6.45) is -3.04. The third-order valence-corrected chi connectivity index (χ3v) is 6.42. The molecule has 2 saturated heterocycles. The molecule has 1 aromatic rings. The SMILES string of the molecule is CCC(=O)N1CC(C(=O)NC)C2(CCN(c3ccc(C#N)c(C(F)(F)F)c3)CC2)C1. The largest absolute Gasteiger partial charge is 0.417 e. The van der Waals surface area contributed by atoms with E-state index in [4.69, 9.17) is 5.26 Å². The van der Waals surface area contributed by atoms with Gasteiger partial charge in [-0.25, -0.2) is 0 Å². The molecule has 3 rings (SSSR count). The van der Waals surface area contributed by atoms with E-state index in [9.17, 15) is 22.8 Å². The first-order valence-electron chi connectivity index (χ1n) is 10.0. The van der Waals surface area contributed by atoms with Crippen molar-refractivity contribution in [3.05, 3.63) is 29.3 Å². The Balaban J connectivity index is 1.82. The number of benzene rings is 1. The molecule has 2 amide bonds. The molecule has 1 spiro atoms. The molecular weight excluding hydrogens is 397 g/mol. The number of piperidine rings is 1. The smallest absolute Gasteiger partial charge is 0.371 e. The summed E-state index contributed by atoms with van der Waals surface area (Å²) in [7, 11) is 1.57. The Morgan fingerprint density at radius 3 is 2.50 bits per heavy atom. The summed E-state index contributed by atoms with van der Waals surface area (Å²) in [6.45, 7) is 3.61. The van der Waals surface area contributed by atoms with Crippen molar-refractivity contribution in [1.82, 2.24) is 10.2 Å². The number of nitrogens with zero attached hydrogens (tertiary/aromatic N) is 3. The van der Waals surface area contributed by atoms with Gasteiger partial charge in [0.25, 0.3) is 0 Å². The summed E-state index contributed by atoms with van der Waals surface area (Å²) in [5, 5.41) is 11.7. The maximum absolute atomic E-state index is 13.3. The van der Waals surface area contributed by atoms with Gasteiger partial charge < -0.3 is 15.1 Å². The minimum Gasteiger partial charge on any atom is -0.371 e. The van der Waals surface area contributed by atoms with Gasteiger partial charge in [-0.15, -0.1) is 0 Å². The second kappa shape index (κ2) is 8.17. The van der Waals surface area contributed by atoms with E-state index in [1.165, 1.54) is 12.1 Å². The summed E-state index contributed by atoms with van der Waals surface area (Å²) >= 11 is 0. The zero-order chi connectivity index (χ0) is 22.1. The van der Waals surface area contributed by atoms with Crippen LogP contribution in [0.3, 0.4) is 0 Å². The maximum Gasteiger partial charge on any atom is 0.417 e. The van der Waals surface area contributed by atoms with Gasteiger partial charge in [-0.3, -0.25) is 9.59 Å². The van der Waals surface area contributed by atoms with Gasteiger partial charge in [-0.2, -0.15) is 18.4 Å². The third-order valence-electron chi connectivity index (χ3n) is 6.42. The average molecular weight is 422 g/mol. The molecule has 0 aromatic heterocycles. The van der Waals surface area contributed by atoms with Gasteiger partial charge in [0.15, 0.2) is 0 Å². The molecule has 0 saturated carbocycles. The van der Waals surface area contributed by atoms with Gasteiger partial charge in [-0.05, 0) is 31.0 Å². The topological polar surface area (TPSA) is 76.4 Å². The van der Waals surface area contributed by atoms with Crippen LogP contribution in [0.4, 0.5) is 18.9 Å². The number of hydrogen-bond donors (Lipinski definition) is 1. The number of nitrogens with one attached hydrogen (secondary N) is 1. The van der Waals surface area contributed by atoms with Crippen LogP contribution in [0.25, 0.3) is 0 Å². The Labute approximate surface area is 173 Å². The molecule has 0 aliphatic carbocycles. The zero-order valence-electron chi connectivity index (χ0n) is 17.1. The predicted molar refractivity (Wildman–Crippen MR) is 104 cm³/mol. The minimum absolute atomic E-state index is 0.00474. The van der Waals surface area contributed by atoms with E-state index in [2.05, 4.69) is 5.32 Å². The predicted octanol–water partition coefficient (Wildman–Crippen LogP) is 2.78. The van der Waals surface area contributed by atoms with E-state index in [0.29, 0.717) is 51.1 Å². The Kier molecular flexibility index (Phi) is 5.97. The summed E-state index contributed by atoms with van der Waals surface area (Å²) < 4.78 is 39.9. The minimum atomic E-state index is -4.60. The van der Waals surface area contributed by atoms with Crippen LogP contribution in [0.15, 0.2) is 18.2 Å². The van der Waals surface area contributed by atoms with Crippen LogP contribution in [0, 0.1) is 22.7 Å². The second-order valence-corrected chi connectivity index (χ2v) is 7.98. The number of rotatable bonds is 3. The van der Waals surface area contributed by atoms with E-state index < -0.39 is 17.3 Å². The molecule has 1 aromatic carbocycles. The number of likely N-dealkylation sites (tertiary alicyclic amines) is 1. The third kappa shape index (κ3) is 3.95. The number of hydrogen-bond acceptors (Lipinski definition) is 4. The van der Waals surface area contributed by atoms with E-state index >= 15 is 0 Å². The van der Waals surface area contributed by atoms with Gasteiger partial charge in [0, 0.05) is 50.7 Å². The number of amides is 2. The van der Waals surface area contributed by atoms with E-state index in [1.54, 1.807) is 24.9 Å². The number of carbonyl (C=O) groups is 2. The molecule has 2 aliphatic rings. The molecule has 1 atom stereocenters. The highest BCUT2D eigenvalue weighted by Crippen LogP contribution is 2.46. The molecule has 1 N–H and O–H groups in total. The van der Waals surface area contributed by atoms with E-state index in [1.807, 2.05) is 4.90 Å². The standard InChI is InChI=1S/C21H25F3N4O2/c1-3-18(29)28-12-17(19(30)26-2)20(13-28)6-8-27(9-7-20)15-5-4-14(11-25)16(10-15)21(22,23)24/h4-5,10,17H,3,6-9,12-13H2,1-2H3,(H,26,30). The monoisotopic (exact) mass is 422 g/mol. The van der Waals surface area contributed by atoms with Crippen LogP contribution in [0.1, 0.15) is 37.3 Å². The van der Waals surface area contributed by atoms with E-state index in [0.717, 1.165) is 6.07 Å². The summed E-state index contributed by atoms with van der Waals surface area (Å²) in [5.74, 6) is -0.426. The average Bonchev–Trinajstić information content (AvgIpc) is 3.11. The Morgan fingerprint density at radius 2 is 1.97 bits per heavy atom. The van der Waals surface area contributed by atoms with Gasteiger partial charge in [-0.1, -0.05) is 6.92 Å². The molecule has 0 radical (unpaired) electrons. The van der Waals surface area contributed by atoms with Crippen molar-refractivity contribution in [3.63, 3.8) is 0 Å². The number of anilines is 1. The lowest BCUT2D eigenvalue weighted by atomic mass is 9.70. The molecule has 2 aliphatic heterocycles. The first-order chi connectivity index (χ1) is 14.1. The quantitative estimate of drug-likeness (QED) is 0.813. The van der Waals surface area contributed by atoms with Gasteiger partial charge in [0.2, 0.25) is 11.8 Å². The fourth-order valence-electron chi connectivity index (χ4n) is 4.70. The fraction of sp³-hybridized carbons (Fsp3) is 0.571. The Hall–Kier alpha value is -2.76. The van der Waals surface area contributed by atoms with Crippen molar-refractivity contribution in [3.8, 4) is 6.07 Å². The summed E-state index contributed by atoms with van der Waals surface area (Å²) in [4.78, 5) is 28.3. The zero-order valence-corrected chi connectivity index (χ0v) is 17.1. The molecule has 0 bridgehead atoms. The van der Waals surface area contributed by atoms with Crippen LogP contribution in [-0.2, 0) is 15.8 Å². The first kappa shape index (κ1) is 21.9. The van der Waals surface area contributed by atoms with Crippen molar-refractivity contribution in [2.75, 3.05) is 38.1 Å². The molecular formula is C21H25F3N4O2. The summed E-state index contributed by atoms with van der Waals surface area (Å²) in [6, 6.07) is 5.35. The van der Waals surface area contributed by atoms with Gasteiger partial charge in [0.1, 0.15) is 0 Å². The van der Waals surface area contributed by atoms with Crippen LogP contribution in [-0.4, -0.2) is 49.9 Å². The molecule has 6 nitrogen and oxygen atoms in total. The molecule has 2 fully saturated rings. The lowest BCUT2D eigenvalue weighted by Gasteiger charge is -2.43. The molecule has 162 valence electrons. The lowest BCUT2D eigenvalue weighted by Crippen LogP contribution is -2.48. The fourth-order valence-corrected chi connectivity index (χ4v) is 4.70. The maximum atomic E-state index is 13.3. The van der Waals surface area contributed by atoms with Crippen molar-refractivity contribution < 1.29 is 22.8 Å². The molecule has 1 unspecified atom stereocenters. The lowest BCUT2D eigenvalue weighted by molar-refractivity contribution is -0.137. The number of alkyl halides is 3. The normalized spacial score (nSPS) is 20.9. The number of halogens is 3. The Morgan fingerprint density at radius 1 is 1.30 bits per heavy atom. The highest BCUT2D eigenvalue weighted by Gasteiger charge is 2.52. The van der Waals surface area contributed by atoms with Crippen molar-refractivity contribution in [2.24, 2.45) is 11.3 Å². The van der Waals surface area contributed by atoms with Crippen molar-refractivity contribution >= 4 is 17.5 Å². The van der Waals surface area contributed by atoms with Crippen LogP contribution in [0.2, 0.25) is 0 Å². The highest BCUT2D eigenvalue weighted by molar-refractivity contribution is 5.83. The van der Waals surface area contributed by atoms with Crippen LogP contribution in [0.5, 0.6) is 0 Å². The second-order valence-electron chi connectivity index (χ2n) is 7.98. The van der Waals surface area contributed by atoms with Crippen LogP contribution >= 0.6 is 0 Å². The van der Waals surface area contributed by atoms with Gasteiger partial charge >= 0.3 is 6.18 Å². The number of carbonyl (C=O) groups excluding carboxylic acids is 2. The van der Waals surface area contributed by atoms with Crippen molar-refractivity contribution in [1.29, 1.82) is 5.26 Å². The first-order valence-corrected chi connectivity index (χ1v) is 10.0. The van der Waals surface area contributed by atoms with E-state index in [-0.39, 0.29) is 23.1 Å². The molecule has 9 heteroatoms. The highest BCUT2D eigenvalue weighted by atomic mass is 19.4. The number of nitriles is 1. The Bertz CT molecular complexity index is 870. The molecule has 30 heavy (non-hydrogen) atoms.